The van der Waals surface area contributed by atoms with Crippen molar-refractivity contribution < 1.29 is 17.6 Å². The molecule has 1 aromatic heterocycles. The molecule has 130 valence electrons. The first-order valence-electron chi connectivity index (χ1n) is 7.44. The topological polar surface area (TPSA) is 62.7 Å². The van der Waals surface area contributed by atoms with Gasteiger partial charge in [0, 0.05) is 11.1 Å². The minimum absolute atomic E-state index is 0.0183. The van der Waals surface area contributed by atoms with Gasteiger partial charge in [0.25, 0.3) is 0 Å². The van der Waals surface area contributed by atoms with E-state index in [2.05, 4.69) is 4.98 Å². The highest BCUT2D eigenvalue weighted by molar-refractivity contribution is 5.80. The van der Waals surface area contributed by atoms with E-state index in [1.165, 1.54) is 42.5 Å². The summed E-state index contributed by atoms with van der Waals surface area (Å²) in [5, 5.41) is 9.35. The molecule has 1 heterocycles. The third-order valence-corrected chi connectivity index (χ3v) is 3.80. The summed E-state index contributed by atoms with van der Waals surface area (Å²) in [4.78, 5) is 4.11. The lowest BCUT2D eigenvalue weighted by Gasteiger charge is -2.12. The van der Waals surface area contributed by atoms with Crippen molar-refractivity contribution in [3.05, 3.63) is 71.5 Å². The second kappa shape index (κ2) is 6.48. The number of pyridine rings is 1. The van der Waals surface area contributed by atoms with E-state index in [9.17, 15) is 22.8 Å². The van der Waals surface area contributed by atoms with E-state index in [0.717, 1.165) is 12.1 Å². The number of benzene rings is 2. The monoisotopic (exact) mass is 357 g/mol. The van der Waals surface area contributed by atoms with E-state index >= 15 is 0 Å². The molecule has 0 aliphatic carbocycles. The number of alkyl halides is 3. The zero-order valence-corrected chi connectivity index (χ0v) is 13.2. The summed E-state index contributed by atoms with van der Waals surface area (Å²) in [6, 6.07) is 13.4. The van der Waals surface area contributed by atoms with Crippen LogP contribution in [0.15, 0.2) is 54.6 Å². The van der Waals surface area contributed by atoms with Gasteiger partial charge < -0.3 is 5.73 Å². The highest BCUT2D eigenvalue weighted by atomic mass is 19.4. The predicted molar refractivity (Wildman–Crippen MR) is 89.2 cm³/mol. The standard InChI is InChI=1S/C19H11F4N3/c20-14-6-4-11(5-7-14)17-9-15(16(10-24)18(25)26-17)12-2-1-3-13(8-12)19(21,22)23/h1-9H,(H2,25,26). The lowest BCUT2D eigenvalue weighted by atomic mass is 9.97. The third-order valence-electron chi connectivity index (χ3n) is 3.80. The van der Waals surface area contributed by atoms with Gasteiger partial charge in [0.1, 0.15) is 23.3 Å². The van der Waals surface area contributed by atoms with Gasteiger partial charge in [-0.3, -0.25) is 0 Å². The molecule has 0 saturated carbocycles. The first-order valence-corrected chi connectivity index (χ1v) is 7.44. The Labute approximate surface area is 146 Å². The van der Waals surface area contributed by atoms with Crippen molar-refractivity contribution in [1.29, 1.82) is 5.26 Å². The molecule has 0 radical (unpaired) electrons. The first-order chi connectivity index (χ1) is 12.3. The molecule has 7 heteroatoms. The molecule has 3 nitrogen and oxygen atoms in total. The van der Waals surface area contributed by atoms with Gasteiger partial charge in [0.15, 0.2) is 0 Å². The number of hydrogen-bond acceptors (Lipinski definition) is 3. The molecule has 3 aromatic rings. The Hall–Kier alpha value is -3.40. The van der Waals surface area contributed by atoms with Gasteiger partial charge in [-0.2, -0.15) is 18.4 Å². The molecule has 0 saturated heterocycles. The zero-order chi connectivity index (χ0) is 18.9. The predicted octanol–water partition coefficient (Wildman–Crippen LogP) is 5.03. The fraction of sp³-hybridized carbons (Fsp3) is 0.0526. The van der Waals surface area contributed by atoms with Crippen LogP contribution in [-0.2, 0) is 6.18 Å². The summed E-state index contributed by atoms with van der Waals surface area (Å²) in [6.45, 7) is 0. The number of halogens is 4. The van der Waals surface area contributed by atoms with Crippen LogP contribution >= 0.6 is 0 Å². The van der Waals surface area contributed by atoms with E-state index < -0.39 is 17.6 Å². The highest BCUT2D eigenvalue weighted by Gasteiger charge is 2.30. The van der Waals surface area contributed by atoms with E-state index in [0.29, 0.717) is 11.3 Å². The molecule has 0 unspecified atom stereocenters. The van der Waals surface area contributed by atoms with Gasteiger partial charge in [-0.25, -0.2) is 9.37 Å². The normalized spacial score (nSPS) is 11.2. The van der Waals surface area contributed by atoms with Gasteiger partial charge in [-0.1, -0.05) is 12.1 Å². The Kier molecular flexibility index (Phi) is 4.34. The van der Waals surface area contributed by atoms with Crippen LogP contribution in [0.2, 0.25) is 0 Å². The zero-order valence-electron chi connectivity index (χ0n) is 13.2. The summed E-state index contributed by atoms with van der Waals surface area (Å²) in [5.41, 5.74) is 6.24. The van der Waals surface area contributed by atoms with Crippen molar-refractivity contribution in [2.75, 3.05) is 5.73 Å². The first kappa shape index (κ1) is 17.4. The molecule has 0 aliphatic heterocycles. The molecule has 0 atom stereocenters. The number of rotatable bonds is 2. The van der Waals surface area contributed by atoms with Crippen molar-refractivity contribution in [2.45, 2.75) is 6.18 Å². The minimum Gasteiger partial charge on any atom is -0.383 e. The van der Waals surface area contributed by atoms with Crippen molar-refractivity contribution in [2.24, 2.45) is 0 Å². The number of hydrogen-bond donors (Lipinski definition) is 1. The summed E-state index contributed by atoms with van der Waals surface area (Å²) >= 11 is 0. The lowest BCUT2D eigenvalue weighted by Crippen LogP contribution is -2.05. The molecular weight excluding hydrogens is 346 g/mol. The Balaban J connectivity index is 2.21. The van der Waals surface area contributed by atoms with Crippen LogP contribution in [0.1, 0.15) is 11.1 Å². The van der Waals surface area contributed by atoms with Gasteiger partial charge in [0.05, 0.1) is 11.3 Å². The van der Waals surface area contributed by atoms with Crippen molar-refractivity contribution in [3.63, 3.8) is 0 Å². The summed E-state index contributed by atoms with van der Waals surface area (Å²) in [6.07, 6.45) is -4.51. The largest absolute Gasteiger partial charge is 0.416 e. The Morgan fingerprint density at radius 3 is 2.27 bits per heavy atom. The van der Waals surface area contributed by atoms with Crippen LogP contribution in [0.5, 0.6) is 0 Å². The number of aromatic nitrogens is 1. The molecule has 0 spiro atoms. The second-order valence-electron chi connectivity index (χ2n) is 5.51. The Morgan fingerprint density at radius 2 is 1.65 bits per heavy atom. The minimum atomic E-state index is -4.51. The molecule has 3 rings (SSSR count). The molecule has 2 aromatic carbocycles. The summed E-state index contributed by atoms with van der Waals surface area (Å²) in [7, 11) is 0. The molecule has 2 N–H and O–H groups in total. The van der Waals surface area contributed by atoms with E-state index in [4.69, 9.17) is 5.73 Å². The van der Waals surface area contributed by atoms with Gasteiger partial charge >= 0.3 is 6.18 Å². The van der Waals surface area contributed by atoms with Gasteiger partial charge in [-0.05, 0) is 48.0 Å². The maximum absolute atomic E-state index is 13.1. The van der Waals surface area contributed by atoms with Crippen LogP contribution < -0.4 is 5.73 Å². The van der Waals surface area contributed by atoms with Crippen molar-refractivity contribution in [3.8, 4) is 28.5 Å². The Morgan fingerprint density at radius 1 is 0.962 bits per heavy atom. The smallest absolute Gasteiger partial charge is 0.383 e. The molecule has 0 aliphatic rings. The molecule has 26 heavy (non-hydrogen) atoms. The van der Waals surface area contributed by atoms with Crippen molar-refractivity contribution in [1.82, 2.24) is 4.98 Å². The molecule has 0 fully saturated rings. The van der Waals surface area contributed by atoms with Crippen LogP contribution in [0, 0.1) is 17.1 Å². The quantitative estimate of drug-likeness (QED) is 0.655. The Bertz CT molecular complexity index is 1000. The summed E-state index contributed by atoms with van der Waals surface area (Å²) in [5.74, 6) is -0.546. The van der Waals surface area contributed by atoms with Gasteiger partial charge in [0.2, 0.25) is 0 Å². The number of nitrogens with two attached hydrogens (primary N) is 1. The fourth-order valence-electron chi connectivity index (χ4n) is 2.54. The SMILES string of the molecule is N#Cc1c(-c2cccc(C(F)(F)F)c2)cc(-c2ccc(F)cc2)nc1N. The highest BCUT2D eigenvalue weighted by Crippen LogP contribution is 2.35. The molecular formula is C19H11F4N3. The van der Waals surface area contributed by atoms with Crippen molar-refractivity contribution >= 4 is 5.82 Å². The van der Waals surface area contributed by atoms with Crippen LogP contribution in [0.4, 0.5) is 23.4 Å². The summed E-state index contributed by atoms with van der Waals surface area (Å²) < 4.78 is 52.1. The number of nitrogens with zero attached hydrogens (tertiary/aromatic N) is 2. The number of nitrogen functional groups attached to an aromatic ring is 1. The molecule has 0 bridgehead atoms. The number of nitriles is 1. The van der Waals surface area contributed by atoms with Gasteiger partial charge in [-0.15, -0.1) is 0 Å². The maximum atomic E-state index is 13.1. The second-order valence-corrected chi connectivity index (χ2v) is 5.51. The lowest BCUT2D eigenvalue weighted by molar-refractivity contribution is -0.137. The van der Waals surface area contributed by atoms with E-state index in [1.807, 2.05) is 6.07 Å². The maximum Gasteiger partial charge on any atom is 0.416 e. The third kappa shape index (κ3) is 3.35. The van der Waals surface area contributed by atoms with E-state index in [-0.39, 0.29) is 22.5 Å². The average molecular weight is 357 g/mol. The van der Waals surface area contributed by atoms with Crippen LogP contribution in [0.25, 0.3) is 22.4 Å². The number of anilines is 1. The van der Waals surface area contributed by atoms with Crippen LogP contribution in [0.3, 0.4) is 0 Å². The fourth-order valence-corrected chi connectivity index (χ4v) is 2.54. The van der Waals surface area contributed by atoms with E-state index in [1.54, 1.807) is 0 Å². The average Bonchev–Trinajstić information content (AvgIpc) is 2.61. The van der Waals surface area contributed by atoms with Crippen LogP contribution in [-0.4, -0.2) is 4.98 Å². The molecule has 0 amide bonds.